The maximum Gasteiger partial charge on any atom is 0.416 e. The second kappa shape index (κ2) is 5.82. The SMILES string of the molecule is C[Si](C)(C)C#Cc1cnn(-c2ccc(C(F)(F)F)cc2)c1Cl. The van der Waals surface area contributed by atoms with Crippen molar-refractivity contribution < 1.29 is 13.2 Å². The van der Waals surface area contributed by atoms with Gasteiger partial charge in [0.15, 0.2) is 0 Å². The van der Waals surface area contributed by atoms with Gasteiger partial charge in [-0.05, 0) is 24.3 Å². The Balaban J connectivity index is 2.34. The summed E-state index contributed by atoms with van der Waals surface area (Å²) < 4.78 is 39.0. The lowest BCUT2D eigenvalue weighted by molar-refractivity contribution is -0.137. The van der Waals surface area contributed by atoms with Gasteiger partial charge in [0.05, 0.1) is 23.0 Å². The van der Waals surface area contributed by atoms with Crippen molar-refractivity contribution in [3.05, 3.63) is 46.7 Å². The molecular formula is C15H14ClF3N2Si. The molecule has 2 aromatic rings. The fraction of sp³-hybridized carbons (Fsp3) is 0.267. The third-order valence-electron chi connectivity index (χ3n) is 2.72. The average Bonchev–Trinajstić information content (AvgIpc) is 2.76. The van der Waals surface area contributed by atoms with Gasteiger partial charge >= 0.3 is 6.18 Å². The first-order chi connectivity index (χ1) is 10.1. The fourth-order valence-corrected chi connectivity index (χ4v) is 2.39. The Morgan fingerprint density at radius 3 is 2.23 bits per heavy atom. The smallest absolute Gasteiger partial charge is 0.221 e. The van der Waals surface area contributed by atoms with E-state index < -0.39 is 19.8 Å². The van der Waals surface area contributed by atoms with Crippen molar-refractivity contribution >= 4 is 19.7 Å². The van der Waals surface area contributed by atoms with Crippen LogP contribution >= 0.6 is 11.6 Å². The van der Waals surface area contributed by atoms with Crippen molar-refractivity contribution in [3.63, 3.8) is 0 Å². The molecule has 0 fully saturated rings. The molecule has 2 nitrogen and oxygen atoms in total. The van der Waals surface area contributed by atoms with E-state index in [0.29, 0.717) is 16.4 Å². The Morgan fingerprint density at radius 2 is 1.73 bits per heavy atom. The molecule has 0 aliphatic heterocycles. The van der Waals surface area contributed by atoms with E-state index in [1.807, 2.05) is 0 Å². The molecule has 2 rings (SSSR count). The number of rotatable bonds is 1. The molecule has 0 aliphatic rings. The first-order valence-corrected chi connectivity index (χ1v) is 10.4. The molecule has 1 aromatic heterocycles. The first-order valence-electron chi connectivity index (χ1n) is 6.52. The molecule has 0 spiro atoms. The predicted molar refractivity (Wildman–Crippen MR) is 83.8 cm³/mol. The van der Waals surface area contributed by atoms with Crippen molar-refractivity contribution in [1.82, 2.24) is 9.78 Å². The van der Waals surface area contributed by atoms with E-state index in [-0.39, 0.29) is 0 Å². The second-order valence-corrected chi connectivity index (χ2v) is 10.9. The summed E-state index contributed by atoms with van der Waals surface area (Å²) in [6, 6.07) is 4.66. The summed E-state index contributed by atoms with van der Waals surface area (Å²) in [4.78, 5) is 0. The van der Waals surface area contributed by atoms with Gasteiger partial charge in [0.2, 0.25) is 0 Å². The lowest BCUT2D eigenvalue weighted by Gasteiger charge is -2.08. The van der Waals surface area contributed by atoms with Crippen LogP contribution in [-0.2, 0) is 6.18 Å². The molecule has 1 heterocycles. The highest BCUT2D eigenvalue weighted by Crippen LogP contribution is 2.30. The predicted octanol–water partition coefficient (Wildman–Crippen LogP) is 4.77. The van der Waals surface area contributed by atoms with E-state index in [4.69, 9.17) is 11.6 Å². The van der Waals surface area contributed by atoms with E-state index in [1.54, 1.807) is 0 Å². The second-order valence-electron chi connectivity index (χ2n) is 5.81. The third kappa shape index (κ3) is 3.93. The molecule has 0 amide bonds. The quantitative estimate of drug-likeness (QED) is 0.539. The first kappa shape index (κ1) is 16.7. The largest absolute Gasteiger partial charge is 0.416 e. The molecule has 7 heteroatoms. The summed E-state index contributed by atoms with van der Waals surface area (Å²) in [6.45, 7) is 6.32. The summed E-state index contributed by atoms with van der Waals surface area (Å²) in [5, 5.41) is 4.39. The lowest BCUT2D eigenvalue weighted by Crippen LogP contribution is -2.16. The van der Waals surface area contributed by atoms with Crippen molar-refractivity contribution in [2.24, 2.45) is 0 Å². The number of alkyl halides is 3. The van der Waals surface area contributed by atoms with Gasteiger partial charge in [-0.25, -0.2) is 4.68 Å². The zero-order chi connectivity index (χ0) is 16.5. The minimum Gasteiger partial charge on any atom is -0.221 e. The van der Waals surface area contributed by atoms with Gasteiger partial charge in [-0.1, -0.05) is 37.2 Å². The van der Waals surface area contributed by atoms with Gasteiger partial charge < -0.3 is 0 Å². The van der Waals surface area contributed by atoms with Crippen molar-refractivity contribution in [2.45, 2.75) is 25.8 Å². The molecule has 0 saturated heterocycles. The van der Waals surface area contributed by atoms with E-state index in [9.17, 15) is 13.2 Å². The number of nitrogens with zero attached hydrogens (tertiary/aromatic N) is 2. The summed E-state index contributed by atoms with van der Waals surface area (Å²) in [7, 11) is -1.54. The molecule has 1 aromatic carbocycles. The Bertz CT molecular complexity index is 731. The van der Waals surface area contributed by atoms with Gasteiger partial charge in [-0.3, -0.25) is 0 Å². The monoisotopic (exact) mass is 342 g/mol. The lowest BCUT2D eigenvalue weighted by atomic mass is 10.2. The van der Waals surface area contributed by atoms with Gasteiger partial charge in [0.25, 0.3) is 0 Å². The molecule has 0 bridgehead atoms. The van der Waals surface area contributed by atoms with Crippen molar-refractivity contribution in [2.75, 3.05) is 0 Å². The van der Waals surface area contributed by atoms with E-state index in [2.05, 4.69) is 36.2 Å². The average molecular weight is 343 g/mol. The van der Waals surface area contributed by atoms with E-state index >= 15 is 0 Å². The summed E-state index contributed by atoms with van der Waals surface area (Å²) in [5.41, 5.74) is 3.50. The third-order valence-corrected chi connectivity index (χ3v) is 3.96. The van der Waals surface area contributed by atoms with Crippen LogP contribution in [0, 0.1) is 11.5 Å². The van der Waals surface area contributed by atoms with Crippen LogP contribution < -0.4 is 0 Å². The molecule has 0 saturated carbocycles. The highest BCUT2D eigenvalue weighted by molar-refractivity contribution is 6.83. The van der Waals surface area contributed by atoms with Gasteiger partial charge in [0, 0.05) is 0 Å². The molecule has 0 N–H and O–H groups in total. The maximum absolute atomic E-state index is 12.6. The van der Waals surface area contributed by atoms with Crippen LogP contribution in [-0.4, -0.2) is 17.9 Å². The van der Waals surface area contributed by atoms with E-state index in [1.165, 1.54) is 23.0 Å². The molecule has 22 heavy (non-hydrogen) atoms. The Morgan fingerprint density at radius 1 is 1.14 bits per heavy atom. The van der Waals surface area contributed by atoms with Gasteiger partial charge in [0.1, 0.15) is 13.2 Å². The minimum atomic E-state index is -4.36. The van der Waals surface area contributed by atoms with Gasteiger partial charge in [-0.2, -0.15) is 18.3 Å². The zero-order valence-electron chi connectivity index (χ0n) is 12.3. The van der Waals surface area contributed by atoms with Crippen LogP contribution in [0.3, 0.4) is 0 Å². The topological polar surface area (TPSA) is 17.8 Å². The van der Waals surface area contributed by atoms with E-state index in [0.717, 1.165) is 12.1 Å². The maximum atomic E-state index is 12.6. The molecule has 0 aliphatic carbocycles. The van der Waals surface area contributed by atoms with Gasteiger partial charge in [-0.15, -0.1) is 5.54 Å². The van der Waals surface area contributed by atoms with Crippen molar-refractivity contribution in [1.29, 1.82) is 0 Å². The number of aromatic nitrogens is 2. The molecule has 0 unspecified atom stereocenters. The summed E-state index contributed by atoms with van der Waals surface area (Å²) in [6.07, 6.45) is -2.84. The van der Waals surface area contributed by atoms with Crippen LogP contribution in [0.25, 0.3) is 5.69 Å². The minimum absolute atomic E-state index is 0.297. The standard InChI is InChI=1S/C15H14ClF3N2Si/c1-22(2,3)9-8-11-10-20-21(14(11)16)13-6-4-12(5-7-13)15(17,18)19/h4-7,10H,1-3H3. The summed E-state index contributed by atoms with van der Waals surface area (Å²) in [5.74, 6) is 3.00. The molecule has 0 atom stereocenters. The van der Waals surface area contributed by atoms with Crippen molar-refractivity contribution in [3.8, 4) is 17.2 Å². The molecule has 0 radical (unpaired) electrons. The van der Waals surface area contributed by atoms with Crippen LogP contribution in [0.4, 0.5) is 13.2 Å². The highest BCUT2D eigenvalue weighted by Gasteiger charge is 2.30. The van der Waals surface area contributed by atoms with Crippen LogP contribution in [0.1, 0.15) is 11.1 Å². The summed E-state index contributed by atoms with van der Waals surface area (Å²) >= 11 is 6.21. The normalized spacial score (nSPS) is 12.0. The Kier molecular flexibility index (Phi) is 4.41. The van der Waals surface area contributed by atoms with Crippen LogP contribution in [0.5, 0.6) is 0 Å². The number of halogens is 4. The molecular weight excluding hydrogens is 329 g/mol. The Labute approximate surface area is 132 Å². The zero-order valence-corrected chi connectivity index (χ0v) is 14.0. The Hall–Kier alpha value is -1.71. The number of hydrogen-bond acceptors (Lipinski definition) is 1. The number of hydrogen-bond donors (Lipinski definition) is 0. The van der Waals surface area contributed by atoms with Crippen LogP contribution in [0.15, 0.2) is 30.5 Å². The fourth-order valence-electron chi connectivity index (χ4n) is 1.64. The number of benzene rings is 1. The molecule has 116 valence electrons. The highest BCUT2D eigenvalue weighted by atomic mass is 35.5. The van der Waals surface area contributed by atoms with Crippen LogP contribution in [0.2, 0.25) is 24.8 Å².